The molecule has 0 bridgehead atoms. The van der Waals surface area contributed by atoms with Gasteiger partial charge in [0, 0.05) is 25.6 Å². The second-order valence-corrected chi connectivity index (χ2v) is 8.62. The molecule has 4 heteroatoms. The number of benzene rings is 3. The SMILES string of the molecule is CC(F)(Cc1cc(F)cc(F)c1)CC1CN(C(c2ccccc2)c2ccccc2)C1. The molecule has 1 nitrogen and oxygen atoms in total. The van der Waals surface area contributed by atoms with E-state index in [1.54, 1.807) is 0 Å². The first-order valence-corrected chi connectivity index (χ1v) is 10.4. The van der Waals surface area contributed by atoms with E-state index in [-0.39, 0.29) is 18.4 Å². The van der Waals surface area contributed by atoms with E-state index in [0.717, 1.165) is 19.2 Å². The molecule has 1 aliphatic heterocycles. The molecular formula is C26H26F3N. The van der Waals surface area contributed by atoms with Gasteiger partial charge in [-0.2, -0.15) is 0 Å². The molecule has 156 valence electrons. The third-order valence-electron chi connectivity index (χ3n) is 5.79. The standard InChI is InChI=1S/C26H26F3N/c1-26(29,15-19-12-23(27)14-24(28)13-19)16-20-17-30(18-20)25(21-8-4-2-5-9-21)22-10-6-3-7-11-22/h2-14,20,25H,15-18H2,1H3. The van der Waals surface area contributed by atoms with Crippen LogP contribution in [0.2, 0.25) is 0 Å². The maximum Gasteiger partial charge on any atom is 0.126 e. The lowest BCUT2D eigenvalue weighted by atomic mass is 9.82. The molecule has 0 spiro atoms. The first-order chi connectivity index (χ1) is 14.4. The van der Waals surface area contributed by atoms with Crippen LogP contribution in [0.4, 0.5) is 13.2 Å². The molecule has 0 aliphatic carbocycles. The van der Waals surface area contributed by atoms with Crippen LogP contribution < -0.4 is 0 Å². The van der Waals surface area contributed by atoms with Gasteiger partial charge in [-0.05, 0) is 48.1 Å². The third kappa shape index (κ3) is 4.93. The van der Waals surface area contributed by atoms with Crippen molar-refractivity contribution in [2.24, 2.45) is 5.92 Å². The summed E-state index contributed by atoms with van der Waals surface area (Å²) >= 11 is 0. The summed E-state index contributed by atoms with van der Waals surface area (Å²) in [5.41, 5.74) is 1.30. The van der Waals surface area contributed by atoms with Gasteiger partial charge in [0.15, 0.2) is 0 Å². The number of hydrogen-bond donors (Lipinski definition) is 0. The fourth-order valence-electron chi connectivity index (χ4n) is 4.65. The Bertz CT molecular complexity index is 906. The lowest BCUT2D eigenvalue weighted by Crippen LogP contribution is -2.50. The monoisotopic (exact) mass is 409 g/mol. The summed E-state index contributed by atoms with van der Waals surface area (Å²) in [6.07, 6.45) is 0.386. The van der Waals surface area contributed by atoms with Crippen LogP contribution in [0.5, 0.6) is 0 Å². The van der Waals surface area contributed by atoms with Crippen LogP contribution in [0.15, 0.2) is 78.9 Å². The van der Waals surface area contributed by atoms with Gasteiger partial charge in [-0.3, -0.25) is 4.90 Å². The normalized spacial score (nSPS) is 17.0. The van der Waals surface area contributed by atoms with Crippen molar-refractivity contribution in [1.29, 1.82) is 0 Å². The maximum atomic E-state index is 15.2. The van der Waals surface area contributed by atoms with Crippen LogP contribution >= 0.6 is 0 Å². The van der Waals surface area contributed by atoms with Crippen molar-refractivity contribution in [2.45, 2.75) is 31.5 Å². The quantitative estimate of drug-likeness (QED) is 0.440. The largest absolute Gasteiger partial charge is 0.292 e. The smallest absolute Gasteiger partial charge is 0.126 e. The average Bonchev–Trinajstić information content (AvgIpc) is 2.66. The van der Waals surface area contributed by atoms with Gasteiger partial charge in [0.05, 0.1) is 6.04 Å². The van der Waals surface area contributed by atoms with Crippen molar-refractivity contribution in [3.63, 3.8) is 0 Å². The number of nitrogens with zero attached hydrogens (tertiary/aromatic N) is 1. The van der Waals surface area contributed by atoms with Crippen molar-refractivity contribution in [2.75, 3.05) is 13.1 Å². The van der Waals surface area contributed by atoms with Crippen LogP contribution in [-0.2, 0) is 6.42 Å². The van der Waals surface area contributed by atoms with Gasteiger partial charge in [-0.25, -0.2) is 13.2 Å². The van der Waals surface area contributed by atoms with E-state index in [9.17, 15) is 8.78 Å². The highest BCUT2D eigenvalue weighted by molar-refractivity contribution is 5.32. The summed E-state index contributed by atoms with van der Waals surface area (Å²) in [5, 5.41) is 0. The molecule has 0 saturated carbocycles. The summed E-state index contributed by atoms with van der Waals surface area (Å²) in [6, 6.07) is 24.1. The van der Waals surface area contributed by atoms with Gasteiger partial charge in [-0.1, -0.05) is 60.7 Å². The summed E-state index contributed by atoms with van der Waals surface area (Å²) in [7, 11) is 0. The number of hydrogen-bond acceptors (Lipinski definition) is 1. The lowest BCUT2D eigenvalue weighted by Gasteiger charge is -2.46. The summed E-state index contributed by atoms with van der Waals surface area (Å²) in [6.45, 7) is 3.13. The second-order valence-electron chi connectivity index (χ2n) is 8.62. The second kappa shape index (κ2) is 8.65. The van der Waals surface area contributed by atoms with Crippen LogP contribution in [-0.4, -0.2) is 23.7 Å². The first kappa shape index (κ1) is 20.7. The van der Waals surface area contributed by atoms with Crippen molar-refractivity contribution >= 4 is 0 Å². The van der Waals surface area contributed by atoms with Crippen molar-refractivity contribution in [3.05, 3.63) is 107 Å². The Morgan fingerprint density at radius 3 is 1.87 bits per heavy atom. The predicted octanol–water partition coefficient (Wildman–Crippen LogP) is 6.35. The fourth-order valence-corrected chi connectivity index (χ4v) is 4.65. The Balaban J connectivity index is 1.42. The van der Waals surface area contributed by atoms with Crippen LogP contribution in [0, 0.1) is 17.6 Å². The fraction of sp³-hybridized carbons (Fsp3) is 0.308. The van der Waals surface area contributed by atoms with Gasteiger partial charge < -0.3 is 0 Å². The molecule has 0 radical (unpaired) electrons. The van der Waals surface area contributed by atoms with Crippen molar-refractivity contribution in [1.82, 2.24) is 4.90 Å². The molecule has 3 aromatic carbocycles. The maximum absolute atomic E-state index is 15.2. The third-order valence-corrected chi connectivity index (χ3v) is 5.79. The van der Waals surface area contributed by atoms with Crippen molar-refractivity contribution in [3.8, 4) is 0 Å². The van der Waals surface area contributed by atoms with E-state index in [1.807, 2.05) is 36.4 Å². The molecule has 1 fully saturated rings. The summed E-state index contributed by atoms with van der Waals surface area (Å²) < 4.78 is 42.1. The molecule has 1 unspecified atom stereocenters. The number of alkyl halides is 1. The van der Waals surface area contributed by atoms with Gasteiger partial charge >= 0.3 is 0 Å². The van der Waals surface area contributed by atoms with Gasteiger partial charge in [0.1, 0.15) is 17.3 Å². The Hall–Kier alpha value is -2.59. The zero-order valence-corrected chi connectivity index (χ0v) is 17.1. The molecule has 4 rings (SSSR count). The minimum Gasteiger partial charge on any atom is -0.292 e. The highest BCUT2D eigenvalue weighted by atomic mass is 19.1. The zero-order valence-electron chi connectivity index (χ0n) is 17.1. The highest BCUT2D eigenvalue weighted by Gasteiger charge is 2.38. The number of likely N-dealkylation sites (tertiary alicyclic amines) is 1. The Morgan fingerprint density at radius 1 is 0.867 bits per heavy atom. The van der Waals surface area contributed by atoms with Crippen molar-refractivity contribution < 1.29 is 13.2 Å². The van der Waals surface area contributed by atoms with Crippen LogP contribution in [0.1, 0.15) is 36.1 Å². The van der Waals surface area contributed by atoms with E-state index >= 15 is 4.39 Å². The van der Waals surface area contributed by atoms with Gasteiger partial charge in [0.2, 0.25) is 0 Å². The summed E-state index contributed by atoms with van der Waals surface area (Å²) in [4.78, 5) is 2.37. The number of halogens is 3. The first-order valence-electron chi connectivity index (χ1n) is 10.4. The molecular weight excluding hydrogens is 383 g/mol. The lowest BCUT2D eigenvalue weighted by molar-refractivity contribution is 0.0237. The molecule has 1 saturated heterocycles. The molecule has 3 aromatic rings. The van der Waals surface area contributed by atoms with Crippen LogP contribution in [0.25, 0.3) is 0 Å². The molecule has 0 amide bonds. The summed E-state index contributed by atoms with van der Waals surface area (Å²) in [5.74, 6) is -1.11. The van der Waals surface area contributed by atoms with E-state index < -0.39 is 17.3 Å². The Morgan fingerprint density at radius 2 is 1.37 bits per heavy atom. The highest BCUT2D eigenvalue weighted by Crippen LogP contribution is 2.38. The van der Waals surface area contributed by atoms with Gasteiger partial charge in [-0.15, -0.1) is 0 Å². The van der Waals surface area contributed by atoms with E-state index in [2.05, 4.69) is 29.2 Å². The van der Waals surface area contributed by atoms with E-state index in [0.29, 0.717) is 12.0 Å². The number of rotatable bonds is 7. The molecule has 1 heterocycles. The topological polar surface area (TPSA) is 3.24 Å². The Kier molecular flexibility index (Phi) is 5.96. The molecule has 1 aliphatic rings. The predicted molar refractivity (Wildman–Crippen MR) is 114 cm³/mol. The zero-order chi connectivity index (χ0) is 21.1. The minimum atomic E-state index is -1.51. The molecule has 1 atom stereocenters. The van der Waals surface area contributed by atoms with E-state index in [1.165, 1.54) is 30.2 Å². The molecule has 30 heavy (non-hydrogen) atoms. The molecule has 0 N–H and O–H groups in total. The minimum absolute atomic E-state index is 0.0129. The average molecular weight is 409 g/mol. The van der Waals surface area contributed by atoms with Gasteiger partial charge in [0.25, 0.3) is 0 Å². The Labute approximate surface area is 176 Å². The molecule has 0 aromatic heterocycles. The van der Waals surface area contributed by atoms with Crippen LogP contribution in [0.3, 0.4) is 0 Å². The van der Waals surface area contributed by atoms with E-state index in [4.69, 9.17) is 0 Å².